The summed E-state index contributed by atoms with van der Waals surface area (Å²) in [6, 6.07) is 12.2. The SMILES string of the molecule is O=C(C[NH+]1CCN(c2ccc(F)cc2)CC1)Nc1ccc(OC(F)F)cc1. The molecule has 0 spiro atoms. The first kappa shape index (κ1) is 19.0. The lowest BCUT2D eigenvalue weighted by Crippen LogP contribution is -3.15. The van der Waals surface area contributed by atoms with E-state index in [0.29, 0.717) is 12.2 Å². The molecule has 0 unspecified atom stereocenters. The molecular weight excluding hydrogens is 359 g/mol. The van der Waals surface area contributed by atoms with Crippen LogP contribution in [0.1, 0.15) is 0 Å². The summed E-state index contributed by atoms with van der Waals surface area (Å²) < 4.78 is 41.5. The van der Waals surface area contributed by atoms with Crippen LogP contribution in [0.15, 0.2) is 48.5 Å². The summed E-state index contributed by atoms with van der Waals surface area (Å²) >= 11 is 0. The van der Waals surface area contributed by atoms with Gasteiger partial charge in [0, 0.05) is 11.4 Å². The predicted octanol–water partition coefficient (Wildman–Crippen LogP) is 1.77. The molecule has 144 valence electrons. The number of amides is 1. The Hall–Kier alpha value is -2.74. The van der Waals surface area contributed by atoms with E-state index in [9.17, 15) is 18.0 Å². The van der Waals surface area contributed by atoms with Crippen LogP contribution in [0.2, 0.25) is 0 Å². The lowest BCUT2D eigenvalue weighted by molar-refractivity contribution is -0.892. The van der Waals surface area contributed by atoms with Crippen molar-refractivity contribution in [3.8, 4) is 5.75 Å². The minimum absolute atomic E-state index is 0.0468. The van der Waals surface area contributed by atoms with Crippen LogP contribution in [0.25, 0.3) is 0 Å². The van der Waals surface area contributed by atoms with Gasteiger partial charge in [-0.25, -0.2) is 4.39 Å². The van der Waals surface area contributed by atoms with Crippen molar-refractivity contribution in [2.45, 2.75) is 6.61 Å². The Morgan fingerprint density at radius 3 is 2.30 bits per heavy atom. The maximum Gasteiger partial charge on any atom is 0.387 e. The van der Waals surface area contributed by atoms with Crippen molar-refractivity contribution in [3.05, 3.63) is 54.3 Å². The van der Waals surface area contributed by atoms with Crippen molar-refractivity contribution in [2.24, 2.45) is 0 Å². The first-order valence-corrected chi connectivity index (χ1v) is 8.68. The fraction of sp³-hybridized carbons (Fsp3) is 0.316. The Morgan fingerprint density at radius 1 is 1.07 bits per heavy atom. The number of nitrogens with one attached hydrogen (secondary N) is 2. The van der Waals surface area contributed by atoms with Crippen LogP contribution in [-0.2, 0) is 4.79 Å². The highest BCUT2D eigenvalue weighted by Gasteiger charge is 2.22. The first-order valence-electron chi connectivity index (χ1n) is 8.68. The first-order chi connectivity index (χ1) is 13.0. The molecule has 0 saturated carbocycles. The summed E-state index contributed by atoms with van der Waals surface area (Å²) in [4.78, 5) is 15.5. The third kappa shape index (κ3) is 5.62. The third-order valence-corrected chi connectivity index (χ3v) is 4.44. The van der Waals surface area contributed by atoms with Gasteiger partial charge in [-0.05, 0) is 48.5 Å². The van der Waals surface area contributed by atoms with Gasteiger partial charge in [-0.2, -0.15) is 8.78 Å². The average Bonchev–Trinajstić information content (AvgIpc) is 2.64. The number of anilines is 2. The maximum absolute atomic E-state index is 13.0. The van der Waals surface area contributed by atoms with Crippen LogP contribution in [0.5, 0.6) is 5.75 Å². The molecule has 1 fully saturated rings. The molecule has 2 aromatic carbocycles. The molecule has 0 aromatic heterocycles. The van der Waals surface area contributed by atoms with Gasteiger partial charge in [0.25, 0.3) is 5.91 Å². The number of halogens is 3. The molecule has 5 nitrogen and oxygen atoms in total. The maximum atomic E-state index is 13.0. The molecule has 27 heavy (non-hydrogen) atoms. The van der Waals surface area contributed by atoms with Gasteiger partial charge < -0.3 is 19.9 Å². The minimum atomic E-state index is -2.87. The highest BCUT2D eigenvalue weighted by Crippen LogP contribution is 2.17. The second-order valence-corrected chi connectivity index (χ2v) is 6.34. The second kappa shape index (κ2) is 8.77. The molecule has 1 aliphatic heterocycles. The topological polar surface area (TPSA) is 46.0 Å². The fourth-order valence-corrected chi connectivity index (χ4v) is 3.06. The van der Waals surface area contributed by atoms with Gasteiger partial charge in [0.05, 0.1) is 26.2 Å². The van der Waals surface area contributed by atoms with Crippen molar-refractivity contribution in [3.63, 3.8) is 0 Å². The van der Waals surface area contributed by atoms with E-state index in [1.54, 1.807) is 12.1 Å². The van der Waals surface area contributed by atoms with Gasteiger partial charge in [-0.3, -0.25) is 4.79 Å². The number of hydrogen-bond donors (Lipinski definition) is 2. The molecule has 3 rings (SSSR count). The van der Waals surface area contributed by atoms with E-state index < -0.39 is 6.61 Å². The molecule has 0 radical (unpaired) electrons. The van der Waals surface area contributed by atoms with Crippen LogP contribution in [0, 0.1) is 5.82 Å². The normalized spacial score (nSPS) is 15.0. The van der Waals surface area contributed by atoms with Crippen molar-refractivity contribution in [2.75, 3.05) is 42.9 Å². The molecule has 0 bridgehead atoms. The largest absolute Gasteiger partial charge is 0.435 e. The van der Waals surface area contributed by atoms with E-state index in [0.717, 1.165) is 36.8 Å². The van der Waals surface area contributed by atoms with Gasteiger partial charge in [-0.15, -0.1) is 0 Å². The fourth-order valence-electron chi connectivity index (χ4n) is 3.06. The van der Waals surface area contributed by atoms with Gasteiger partial charge >= 0.3 is 6.61 Å². The number of hydrogen-bond acceptors (Lipinski definition) is 3. The Labute approximate surface area is 155 Å². The van der Waals surface area contributed by atoms with Crippen LogP contribution < -0.4 is 19.9 Å². The van der Waals surface area contributed by atoms with E-state index in [2.05, 4.69) is 15.0 Å². The summed E-state index contributed by atoms with van der Waals surface area (Å²) in [6.07, 6.45) is 0. The lowest BCUT2D eigenvalue weighted by atomic mass is 10.2. The van der Waals surface area contributed by atoms with Crippen LogP contribution in [0.3, 0.4) is 0 Å². The molecule has 1 heterocycles. The van der Waals surface area contributed by atoms with Crippen molar-refractivity contribution < 1.29 is 27.6 Å². The minimum Gasteiger partial charge on any atom is -0.435 e. The molecule has 0 atom stereocenters. The van der Waals surface area contributed by atoms with Gasteiger partial charge in [-0.1, -0.05) is 0 Å². The molecule has 2 aromatic rings. The summed E-state index contributed by atoms with van der Waals surface area (Å²) in [7, 11) is 0. The zero-order valence-corrected chi connectivity index (χ0v) is 14.6. The van der Waals surface area contributed by atoms with Crippen LogP contribution in [-0.4, -0.2) is 45.2 Å². The van der Waals surface area contributed by atoms with Gasteiger partial charge in [0.1, 0.15) is 11.6 Å². The van der Waals surface area contributed by atoms with E-state index >= 15 is 0 Å². The number of carbonyl (C=O) groups is 1. The summed E-state index contributed by atoms with van der Waals surface area (Å²) in [5, 5.41) is 2.76. The van der Waals surface area contributed by atoms with Crippen LogP contribution in [0.4, 0.5) is 24.5 Å². The Morgan fingerprint density at radius 2 is 1.70 bits per heavy atom. The number of carbonyl (C=O) groups excluding carboxylic acids is 1. The van der Waals surface area contributed by atoms with Crippen molar-refractivity contribution >= 4 is 17.3 Å². The molecule has 0 aliphatic carbocycles. The lowest BCUT2D eigenvalue weighted by Gasteiger charge is -2.33. The molecular formula is C19H21F3N3O2+. The van der Waals surface area contributed by atoms with E-state index in [-0.39, 0.29) is 17.5 Å². The monoisotopic (exact) mass is 380 g/mol. The summed E-state index contributed by atoms with van der Waals surface area (Å²) in [5.74, 6) is -0.346. The quantitative estimate of drug-likeness (QED) is 0.803. The zero-order chi connectivity index (χ0) is 19.2. The van der Waals surface area contributed by atoms with Crippen LogP contribution >= 0.6 is 0 Å². The zero-order valence-electron chi connectivity index (χ0n) is 14.6. The molecule has 2 N–H and O–H groups in total. The smallest absolute Gasteiger partial charge is 0.387 e. The van der Waals surface area contributed by atoms with Gasteiger partial charge in [0.15, 0.2) is 6.54 Å². The summed E-state index contributed by atoms with van der Waals surface area (Å²) in [6.45, 7) is 0.620. The number of alkyl halides is 2. The van der Waals surface area contributed by atoms with Crippen molar-refractivity contribution in [1.29, 1.82) is 0 Å². The third-order valence-electron chi connectivity index (χ3n) is 4.44. The molecule has 1 aliphatic rings. The molecule has 1 amide bonds. The van der Waals surface area contributed by atoms with E-state index in [1.165, 1.54) is 36.4 Å². The number of ether oxygens (including phenoxy) is 1. The molecule has 8 heteroatoms. The number of benzene rings is 2. The van der Waals surface area contributed by atoms with E-state index in [4.69, 9.17) is 0 Å². The van der Waals surface area contributed by atoms with Crippen molar-refractivity contribution in [1.82, 2.24) is 0 Å². The predicted molar refractivity (Wildman–Crippen MR) is 95.9 cm³/mol. The highest BCUT2D eigenvalue weighted by molar-refractivity contribution is 5.91. The average molecular weight is 380 g/mol. The second-order valence-electron chi connectivity index (χ2n) is 6.34. The number of rotatable bonds is 6. The van der Waals surface area contributed by atoms with E-state index in [1.807, 2.05) is 0 Å². The number of piperazine rings is 1. The standard InChI is InChI=1S/C19H20F3N3O2/c20-14-1-5-16(6-2-14)25-11-9-24(10-12-25)13-18(26)23-15-3-7-17(8-4-15)27-19(21)22/h1-8,19H,9-13H2,(H,23,26)/p+1. The molecule has 1 saturated heterocycles. The number of quaternary nitrogens is 1. The summed E-state index contributed by atoms with van der Waals surface area (Å²) in [5.41, 5.74) is 1.51. The Bertz CT molecular complexity index is 746. The van der Waals surface area contributed by atoms with Gasteiger partial charge in [0.2, 0.25) is 0 Å². The highest BCUT2D eigenvalue weighted by atomic mass is 19.3. The number of nitrogens with zero attached hydrogens (tertiary/aromatic N) is 1. The Balaban J connectivity index is 1.44. The Kier molecular flexibility index (Phi) is 6.18.